The molecule has 2 aliphatic heterocycles. The molecule has 1 amide bonds. The van der Waals surface area contributed by atoms with E-state index in [4.69, 9.17) is 32.7 Å². The molecule has 2 aliphatic rings. The number of esters is 1. The minimum Gasteiger partial charge on any atom is -0.462 e. The van der Waals surface area contributed by atoms with Crippen LogP contribution in [0, 0.1) is 10.1 Å². The Hall–Kier alpha value is -4.02. The molecule has 1 spiro atoms. The molecule has 0 bridgehead atoms. The first-order valence-corrected chi connectivity index (χ1v) is 11.0. The van der Waals surface area contributed by atoms with E-state index in [1.807, 2.05) is 0 Å². The summed E-state index contributed by atoms with van der Waals surface area (Å²) in [6, 6.07) is 12.7. The Morgan fingerprint density at radius 2 is 1.91 bits per heavy atom. The van der Waals surface area contributed by atoms with E-state index >= 15 is 0 Å². The fourth-order valence-electron chi connectivity index (χ4n) is 4.43. The molecule has 3 heterocycles. The molecule has 10 nitrogen and oxygen atoms in total. The van der Waals surface area contributed by atoms with Crippen molar-refractivity contribution in [2.24, 2.45) is 0 Å². The van der Waals surface area contributed by atoms with Gasteiger partial charge in [-0.2, -0.15) is 4.98 Å². The van der Waals surface area contributed by atoms with Gasteiger partial charge in [0.15, 0.2) is 0 Å². The highest BCUT2D eigenvalue weighted by Gasteiger charge is 2.62. The number of aromatic nitrogens is 2. The third-order valence-corrected chi connectivity index (χ3v) is 6.16. The first kappa shape index (κ1) is 22.8. The molecule has 35 heavy (non-hydrogen) atoms. The van der Waals surface area contributed by atoms with Crippen LogP contribution in [0.3, 0.4) is 0 Å². The van der Waals surface area contributed by atoms with Gasteiger partial charge in [0.1, 0.15) is 27.6 Å². The van der Waals surface area contributed by atoms with Crippen molar-refractivity contribution >= 4 is 52.2 Å². The predicted molar refractivity (Wildman–Crippen MR) is 125 cm³/mol. The summed E-state index contributed by atoms with van der Waals surface area (Å²) < 4.78 is 11.4. The lowest BCUT2D eigenvalue weighted by Gasteiger charge is -2.36. The van der Waals surface area contributed by atoms with Crippen LogP contribution in [0.25, 0.3) is 5.76 Å². The van der Waals surface area contributed by atoms with Crippen molar-refractivity contribution < 1.29 is 24.0 Å². The molecule has 0 fully saturated rings. The van der Waals surface area contributed by atoms with E-state index < -0.39 is 22.2 Å². The van der Waals surface area contributed by atoms with Crippen LogP contribution < -0.4 is 10.1 Å². The van der Waals surface area contributed by atoms with E-state index in [1.165, 1.54) is 18.2 Å². The van der Waals surface area contributed by atoms with Crippen LogP contribution in [0.2, 0.25) is 10.4 Å². The van der Waals surface area contributed by atoms with Crippen LogP contribution >= 0.6 is 23.2 Å². The molecule has 12 heteroatoms. The quantitative estimate of drug-likeness (QED) is 0.180. The van der Waals surface area contributed by atoms with Crippen LogP contribution in [-0.4, -0.2) is 33.4 Å². The highest BCUT2D eigenvalue weighted by molar-refractivity contribution is 6.34. The van der Waals surface area contributed by atoms with Crippen molar-refractivity contribution in [1.82, 2.24) is 9.97 Å². The predicted octanol–water partition coefficient (Wildman–Crippen LogP) is 4.30. The maximum Gasteiger partial charge on any atom is 0.339 e. The number of hydrogen-bond acceptors (Lipinski definition) is 8. The second-order valence-corrected chi connectivity index (χ2v) is 8.21. The summed E-state index contributed by atoms with van der Waals surface area (Å²) >= 11 is 12.5. The molecule has 1 atom stereocenters. The Morgan fingerprint density at radius 3 is 2.60 bits per heavy atom. The van der Waals surface area contributed by atoms with Crippen LogP contribution in [0.15, 0.2) is 54.1 Å². The van der Waals surface area contributed by atoms with Crippen molar-refractivity contribution in [1.29, 1.82) is 0 Å². The SMILES string of the molecule is CCOC(=O)C1=C(c2ccccc2)Oc2nc(Cl)nc(Cl)c2C12C(=O)Nc1c([N+](=O)[O-])cccc12. The van der Waals surface area contributed by atoms with Crippen molar-refractivity contribution in [3.05, 3.63) is 91.3 Å². The number of rotatable bonds is 4. The molecule has 2 aromatic carbocycles. The highest BCUT2D eigenvalue weighted by atomic mass is 35.5. The Balaban J connectivity index is 1.98. The minimum absolute atomic E-state index is 0.0123. The molecule has 176 valence electrons. The van der Waals surface area contributed by atoms with Gasteiger partial charge in [-0.1, -0.05) is 54.1 Å². The number of carbonyl (C=O) groups is 2. The standard InChI is InChI=1S/C23H14Cl2N4O6/c1-2-34-20(30)14-17(11-7-4-3-5-8-11)35-19-15(18(24)27-22(25)28-19)23(14)12-9-6-10-13(29(32)33)16(12)26-21(23)31/h3-10H,2H2,1H3,(H,26,31). The lowest BCUT2D eigenvalue weighted by molar-refractivity contribution is -0.383. The summed E-state index contributed by atoms with van der Waals surface area (Å²) in [5.41, 5.74) is -2.24. The first-order chi connectivity index (χ1) is 16.8. The zero-order valence-corrected chi connectivity index (χ0v) is 19.4. The topological polar surface area (TPSA) is 134 Å². The molecule has 0 saturated carbocycles. The van der Waals surface area contributed by atoms with Gasteiger partial charge in [-0.3, -0.25) is 14.9 Å². The molecule has 1 N–H and O–H groups in total. The van der Waals surface area contributed by atoms with E-state index in [9.17, 15) is 19.7 Å². The molecule has 0 saturated heterocycles. The first-order valence-electron chi connectivity index (χ1n) is 10.3. The Bertz CT molecular complexity index is 1460. The number of carbonyl (C=O) groups excluding carboxylic acids is 2. The lowest BCUT2D eigenvalue weighted by Crippen LogP contribution is -2.45. The van der Waals surface area contributed by atoms with Crippen LogP contribution in [0.5, 0.6) is 5.88 Å². The number of nitro benzene ring substituents is 1. The monoisotopic (exact) mass is 512 g/mol. The number of nitro groups is 1. The second kappa shape index (κ2) is 8.33. The van der Waals surface area contributed by atoms with Gasteiger partial charge in [-0.15, -0.1) is 0 Å². The average Bonchev–Trinajstić information content (AvgIpc) is 3.10. The van der Waals surface area contributed by atoms with Gasteiger partial charge in [-0.05, 0) is 18.5 Å². The van der Waals surface area contributed by atoms with Gasteiger partial charge in [-0.25, -0.2) is 9.78 Å². The number of amides is 1. The molecular formula is C23H14Cl2N4O6. The third-order valence-electron chi connectivity index (χ3n) is 5.72. The number of ether oxygens (including phenoxy) is 2. The smallest absolute Gasteiger partial charge is 0.339 e. The summed E-state index contributed by atoms with van der Waals surface area (Å²) in [5.74, 6) is -1.86. The number of hydrogen-bond donors (Lipinski definition) is 1. The minimum atomic E-state index is -2.02. The number of anilines is 1. The molecule has 0 radical (unpaired) electrons. The average molecular weight is 513 g/mol. The van der Waals surface area contributed by atoms with Crippen molar-refractivity contribution in [3.63, 3.8) is 0 Å². The Morgan fingerprint density at radius 1 is 1.17 bits per heavy atom. The lowest BCUT2D eigenvalue weighted by atomic mass is 9.68. The van der Waals surface area contributed by atoms with Gasteiger partial charge in [0.2, 0.25) is 17.1 Å². The largest absolute Gasteiger partial charge is 0.462 e. The number of benzene rings is 2. The van der Waals surface area contributed by atoms with Crippen LogP contribution in [0.4, 0.5) is 11.4 Å². The highest BCUT2D eigenvalue weighted by Crippen LogP contribution is 2.58. The van der Waals surface area contributed by atoms with Crippen LogP contribution in [-0.2, 0) is 19.7 Å². The van der Waals surface area contributed by atoms with Crippen molar-refractivity contribution in [2.45, 2.75) is 12.3 Å². The number of nitrogens with zero attached hydrogens (tertiary/aromatic N) is 3. The molecule has 0 aliphatic carbocycles. The van der Waals surface area contributed by atoms with Gasteiger partial charge < -0.3 is 14.8 Å². The summed E-state index contributed by atoms with van der Waals surface area (Å²) in [7, 11) is 0. The van der Waals surface area contributed by atoms with Gasteiger partial charge in [0.05, 0.1) is 17.1 Å². The number of fused-ring (bicyclic) bond motifs is 4. The maximum absolute atomic E-state index is 13.9. The van der Waals surface area contributed by atoms with E-state index in [0.29, 0.717) is 5.56 Å². The molecule has 1 aromatic heterocycles. The molecular weight excluding hydrogens is 499 g/mol. The van der Waals surface area contributed by atoms with E-state index in [1.54, 1.807) is 37.3 Å². The summed E-state index contributed by atoms with van der Waals surface area (Å²) in [4.78, 5) is 46.6. The maximum atomic E-state index is 13.9. The summed E-state index contributed by atoms with van der Waals surface area (Å²) in [6.07, 6.45) is 0. The summed E-state index contributed by atoms with van der Waals surface area (Å²) in [5, 5.41) is 13.8. The Labute approximate surface area is 207 Å². The summed E-state index contributed by atoms with van der Waals surface area (Å²) in [6.45, 7) is 1.59. The van der Waals surface area contributed by atoms with E-state index in [0.717, 1.165) is 0 Å². The zero-order chi connectivity index (χ0) is 24.9. The van der Waals surface area contributed by atoms with Crippen LogP contribution in [0.1, 0.15) is 23.6 Å². The number of halogens is 2. The molecule has 3 aromatic rings. The number of nitrogens with one attached hydrogen (secondary N) is 1. The fraction of sp³-hybridized carbons (Fsp3) is 0.130. The zero-order valence-electron chi connectivity index (χ0n) is 17.9. The van der Waals surface area contributed by atoms with Crippen molar-refractivity contribution in [2.75, 3.05) is 11.9 Å². The fourth-order valence-corrected chi connectivity index (χ4v) is 4.93. The normalized spacial score (nSPS) is 18.0. The van der Waals surface area contributed by atoms with Crippen molar-refractivity contribution in [3.8, 4) is 5.88 Å². The molecule has 1 unspecified atom stereocenters. The Kier molecular flexibility index (Phi) is 5.42. The number of para-hydroxylation sites is 1. The van der Waals surface area contributed by atoms with E-state index in [-0.39, 0.29) is 56.8 Å². The third kappa shape index (κ3) is 3.25. The van der Waals surface area contributed by atoms with Gasteiger partial charge >= 0.3 is 5.97 Å². The van der Waals surface area contributed by atoms with Gasteiger partial charge in [0, 0.05) is 17.2 Å². The van der Waals surface area contributed by atoms with E-state index in [2.05, 4.69) is 15.3 Å². The molecule has 5 rings (SSSR count). The second-order valence-electron chi connectivity index (χ2n) is 7.52. The van der Waals surface area contributed by atoms with Gasteiger partial charge in [0.25, 0.3) is 5.69 Å².